The fourth-order valence-electron chi connectivity index (χ4n) is 2.56. The third-order valence-electron chi connectivity index (χ3n) is 3.82. The van der Waals surface area contributed by atoms with E-state index in [2.05, 4.69) is 5.32 Å². The van der Waals surface area contributed by atoms with Crippen LogP contribution in [0.2, 0.25) is 0 Å². The molecule has 0 atom stereocenters. The van der Waals surface area contributed by atoms with E-state index in [1.54, 1.807) is 7.05 Å². The predicted molar refractivity (Wildman–Crippen MR) is 79.1 cm³/mol. The molecule has 21 heavy (non-hydrogen) atoms. The zero-order valence-corrected chi connectivity index (χ0v) is 12.6. The highest BCUT2D eigenvalue weighted by molar-refractivity contribution is 5.78. The van der Waals surface area contributed by atoms with E-state index >= 15 is 0 Å². The average molecular weight is 294 g/mol. The Hall–Kier alpha value is -1.89. The van der Waals surface area contributed by atoms with Gasteiger partial charge in [-0.2, -0.15) is 0 Å². The van der Waals surface area contributed by atoms with Gasteiger partial charge in [-0.15, -0.1) is 0 Å². The number of carbonyl (C=O) groups excluding carboxylic acids is 1. The first-order valence-corrected chi connectivity index (χ1v) is 7.24. The first kappa shape index (κ1) is 15.5. The van der Waals surface area contributed by atoms with Gasteiger partial charge >= 0.3 is 5.69 Å². The molecule has 0 unspecified atom stereocenters. The Labute approximate surface area is 123 Å². The molecule has 1 aromatic heterocycles. The second kappa shape index (κ2) is 6.71. The summed E-state index contributed by atoms with van der Waals surface area (Å²) in [7, 11) is 3.05. The number of hydrogen-bond donors (Lipinski definition) is 1. The highest BCUT2D eigenvalue weighted by atomic mass is 16.2. The molecule has 1 amide bonds. The van der Waals surface area contributed by atoms with Crippen molar-refractivity contribution in [1.29, 1.82) is 0 Å². The fourth-order valence-corrected chi connectivity index (χ4v) is 2.56. The van der Waals surface area contributed by atoms with E-state index in [4.69, 9.17) is 0 Å². The van der Waals surface area contributed by atoms with Gasteiger partial charge in [-0.25, -0.2) is 4.79 Å². The highest BCUT2D eigenvalue weighted by Gasteiger charge is 2.16. The zero-order valence-electron chi connectivity index (χ0n) is 12.6. The van der Waals surface area contributed by atoms with Crippen molar-refractivity contribution in [3.63, 3.8) is 0 Å². The SMILES string of the molecule is Cn1cc(CNCC(=O)N2CCCCC2)c(=O)n(C)c1=O. The molecular weight excluding hydrogens is 272 g/mol. The molecule has 0 aromatic carbocycles. The lowest BCUT2D eigenvalue weighted by atomic mass is 10.1. The van der Waals surface area contributed by atoms with Crippen molar-refractivity contribution in [3.8, 4) is 0 Å². The van der Waals surface area contributed by atoms with Gasteiger partial charge in [-0.05, 0) is 19.3 Å². The topological polar surface area (TPSA) is 76.3 Å². The maximum absolute atomic E-state index is 12.0. The lowest BCUT2D eigenvalue weighted by Gasteiger charge is -2.26. The zero-order chi connectivity index (χ0) is 15.4. The van der Waals surface area contributed by atoms with Gasteiger partial charge in [0.15, 0.2) is 0 Å². The molecule has 7 nitrogen and oxygen atoms in total. The molecule has 1 saturated heterocycles. The summed E-state index contributed by atoms with van der Waals surface area (Å²) >= 11 is 0. The molecule has 0 bridgehead atoms. The summed E-state index contributed by atoms with van der Waals surface area (Å²) in [6.07, 6.45) is 4.83. The minimum atomic E-state index is -0.354. The predicted octanol–water partition coefficient (Wildman–Crippen LogP) is -0.814. The second-order valence-electron chi connectivity index (χ2n) is 5.46. The summed E-state index contributed by atoms with van der Waals surface area (Å²) < 4.78 is 2.44. The minimum absolute atomic E-state index is 0.0661. The van der Waals surface area contributed by atoms with E-state index in [1.807, 2.05) is 4.90 Å². The molecule has 116 valence electrons. The quantitative estimate of drug-likeness (QED) is 0.788. The van der Waals surface area contributed by atoms with Gasteiger partial charge in [0, 0.05) is 45.5 Å². The molecule has 0 saturated carbocycles. The number of nitrogens with one attached hydrogen (secondary N) is 1. The molecule has 1 N–H and O–H groups in total. The highest BCUT2D eigenvalue weighted by Crippen LogP contribution is 2.08. The first-order chi connectivity index (χ1) is 10.0. The first-order valence-electron chi connectivity index (χ1n) is 7.24. The monoisotopic (exact) mass is 294 g/mol. The largest absolute Gasteiger partial charge is 0.342 e. The standard InChI is InChI=1S/C14H22N4O3/c1-16-10-11(13(20)17(2)14(16)21)8-15-9-12(19)18-6-4-3-5-7-18/h10,15H,3-9H2,1-2H3. The summed E-state index contributed by atoms with van der Waals surface area (Å²) in [5, 5.41) is 2.99. The lowest BCUT2D eigenvalue weighted by molar-refractivity contribution is -0.131. The van der Waals surface area contributed by atoms with Gasteiger partial charge in [0.2, 0.25) is 5.91 Å². The third-order valence-corrected chi connectivity index (χ3v) is 3.82. The molecule has 1 fully saturated rings. The number of amides is 1. The molecular formula is C14H22N4O3. The van der Waals surface area contributed by atoms with E-state index in [1.165, 1.54) is 24.2 Å². The number of rotatable bonds is 4. The molecule has 1 aromatic rings. The molecule has 0 aliphatic carbocycles. The Morgan fingerprint density at radius 2 is 1.86 bits per heavy atom. The fraction of sp³-hybridized carbons (Fsp3) is 0.643. The maximum Gasteiger partial charge on any atom is 0.330 e. The van der Waals surface area contributed by atoms with Crippen LogP contribution in [-0.4, -0.2) is 39.6 Å². The molecule has 7 heteroatoms. The van der Waals surface area contributed by atoms with Crippen LogP contribution in [-0.2, 0) is 25.4 Å². The van der Waals surface area contributed by atoms with Crippen molar-refractivity contribution < 1.29 is 4.79 Å². The number of carbonyl (C=O) groups is 1. The van der Waals surface area contributed by atoms with Crippen LogP contribution in [0.25, 0.3) is 0 Å². The molecule has 1 aliphatic rings. The van der Waals surface area contributed by atoms with Crippen molar-refractivity contribution in [3.05, 3.63) is 32.6 Å². The van der Waals surface area contributed by atoms with Crippen molar-refractivity contribution in [2.75, 3.05) is 19.6 Å². The number of aromatic nitrogens is 2. The van der Waals surface area contributed by atoms with Crippen LogP contribution < -0.4 is 16.6 Å². The summed E-state index contributed by atoms with van der Waals surface area (Å²) in [6.45, 7) is 2.14. The van der Waals surface area contributed by atoms with Crippen LogP contribution in [0, 0.1) is 0 Å². The summed E-state index contributed by atoms with van der Waals surface area (Å²) in [5.41, 5.74) is -0.199. The van der Waals surface area contributed by atoms with E-state index in [9.17, 15) is 14.4 Å². The maximum atomic E-state index is 12.0. The Balaban J connectivity index is 1.93. The number of aryl methyl sites for hydroxylation is 1. The van der Waals surface area contributed by atoms with Crippen molar-refractivity contribution in [1.82, 2.24) is 19.4 Å². The number of nitrogens with zero attached hydrogens (tertiary/aromatic N) is 3. The normalized spacial score (nSPS) is 15.2. The number of likely N-dealkylation sites (tertiary alicyclic amines) is 1. The van der Waals surface area contributed by atoms with Gasteiger partial charge in [0.05, 0.1) is 6.54 Å². The minimum Gasteiger partial charge on any atom is -0.342 e. The van der Waals surface area contributed by atoms with Crippen molar-refractivity contribution in [2.24, 2.45) is 14.1 Å². The van der Waals surface area contributed by atoms with Crippen LogP contribution >= 0.6 is 0 Å². The number of hydrogen-bond acceptors (Lipinski definition) is 4. The van der Waals surface area contributed by atoms with Crippen molar-refractivity contribution >= 4 is 5.91 Å². The average Bonchev–Trinajstić information content (AvgIpc) is 2.51. The van der Waals surface area contributed by atoms with Gasteiger partial charge < -0.3 is 14.8 Å². The van der Waals surface area contributed by atoms with Crippen LogP contribution in [0.3, 0.4) is 0 Å². The molecule has 1 aliphatic heterocycles. The van der Waals surface area contributed by atoms with Gasteiger partial charge in [0.25, 0.3) is 5.56 Å². The molecule has 0 spiro atoms. The Morgan fingerprint density at radius 1 is 1.19 bits per heavy atom. The Kier molecular flexibility index (Phi) is 4.95. The van der Waals surface area contributed by atoms with Crippen LogP contribution in [0.1, 0.15) is 24.8 Å². The van der Waals surface area contributed by atoms with Crippen LogP contribution in [0.15, 0.2) is 15.8 Å². The van der Waals surface area contributed by atoms with E-state index in [0.29, 0.717) is 5.56 Å². The van der Waals surface area contributed by atoms with Crippen molar-refractivity contribution in [2.45, 2.75) is 25.8 Å². The van der Waals surface area contributed by atoms with E-state index < -0.39 is 0 Å². The second-order valence-corrected chi connectivity index (χ2v) is 5.46. The molecule has 0 radical (unpaired) electrons. The van der Waals surface area contributed by atoms with E-state index in [-0.39, 0.29) is 30.2 Å². The Bertz CT molecular complexity index is 626. The lowest BCUT2D eigenvalue weighted by Crippen LogP contribution is -2.42. The van der Waals surface area contributed by atoms with E-state index in [0.717, 1.165) is 30.5 Å². The van der Waals surface area contributed by atoms with Crippen LogP contribution in [0.4, 0.5) is 0 Å². The van der Waals surface area contributed by atoms with Gasteiger partial charge in [-0.3, -0.25) is 14.2 Å². The van der Waals surface area contributed by atoms with Gasteiger partial charge in [-0.1, -0.05) is 0 Å². The summed E-state index contributed by atoms with van der Waals surface area (Å²) in [5.74, 6) is 0.0661. The smallest absolute Gasteiger partial charge is 0.330 e. The molecule has 2 heterocycles. The van der Waals surface area contributed by atoms with Crippen LogP contribution in [0.5, 0.6) is 0 Å². The molecule has 2 rings (SSSR count). The third kappa shape index (κ3) is 3.60. The summed E-state index contributed by atoms with van der Waals surface area (Å²) in [4.78, 5) is 37.4. The van der Waals surface area contributed by atoms with Gasteiger partial charge in [0.1, 0.15) is 0 Å². The number of piperidine rings is 1. The summed E-state index contributed by atoms with van der Waals surface area (Å²) in [6, 6.07) is 0. The Morgan fingerprint density at radius 3 is 2.52 bits per heavy atom.